The maximum absolute atomic E-state index is 5.79. The quantitative estimate of drug-likeness (QED) is 0.759. The van der Waals surface area contributed by atoms with Crippen LogP contribution in [-0.4, -0.2) is 62.0 Å². The van der Waals surface area contributed by atoms with E-state index in [1.54, 1.807) is 0 Å². The van der Waals surface area contributed by atoms with Crippen molar-refractivity contribution in [3.05, 3.63) is 0 Å². The molecule has 0 N–H and O–H groups in total. The standard InChI is InChI=1S/C13H25NO4/c1-12(2)15-8-10(17-12)6-14(5)7-11-9-16-13(3,4)18-11/h10-11H,6-9H2,1-5H3/t10-,11-/m1/s1. The molecule has 0 unspecified atom stereocenters. The fourth-order valence-corrected chi connectivity index (χ4v) is 2.48. The van der Waals surface area contributed by atoms with Crippen molar-refractivity contribution in [2.24, 2.45) is 0 Å². The number of likely N-dealkylation sites (N-methyl/N-ethyl adjacent to an activating group) is 1. The van der Waals surface area contributed by atoms with Crippen molar-refractivity contribution in [1.29, 1.82) is 0 Å². The first-order chi connectivity index (χ1) is 8.26. The summed E-state index contributed by atoms with van der Waals surface area (Å²) in [4.78, 5) is 2.21. The molecule has 2 heterocycles. The van der Waals surface area contributed by atoms with Crippen LogP contribution in [0.2, 0.25) is 0 Å². The SMILES string of the molecule is CN(C[C@@H]1COC(C)(C)O1)C[C@@H]1COC(C)(C)O1. The van der Waals surface area contributed by atoms with Crippen LogP contribution in [0.5, 0.6) is 0 Å². The molecule has 0 radical (unpaired) electrons. The van der Waals surface area contributed by atoms with Crippen LogP contribution < -0.4 is 0 Å². The molecule has 5 heteroatoms. The van der Waals surface area contributed by atoms with Crippen molar-refractivity contribution in [1.82, 2.24) is 4.90 Å². The number of nitrogens with zero attached hydrogens (tertiary/aromatic N) is 1. The second-order valence-corrected chi connectivity index (χ2v) is 6.12. The number of ether oxygens (including phenoxy) is 4. The van der Waals surface area contributed by atoms with Gasteiger partial charge in [-0.15, -0.1) is 0 Å². The molecule has 106 valence electrons. The average Bonchev–Trinajstić information content (AvgIpc) is 2.69. The van der Waals surface area contributed by atoms with Crippen molar-refractivity contribution < 1.29 is 18.9 Å². The van der Waals surface area contributed by atoms with E-state index in [1.165, 1.54) is 0 Å². The highest BCUT2D eigenvalue weighted by Gasteiger charge is 2.35. The Morgan fingerprint density at radius 3 is 1.56 bits per heavy atom. The Kier molecular flexibility index (Phi) is 3.99. The number of rotatable bonds is 4. The Morgan fingerprint density at radius 1 is 0.889 bits per heavy atom. The lowest BCUT2D eigenvalue weighted by atomic mass is 10.3. The molecule has 2 rings (SSSR count). The van der Waals surface area contributed by atoms with Crippen LogP contribution >= 0.6 is 0 Å². The minimum Gasteiger partial charge on any atom is -0.348 e. The molecule has 0 spiro atoms. The molecule has 2 aliphatic heterocycles. The Morgan fingerprint density at radius 2 is 1.28 bits per heavy atom. The van der Waals surface area contributed by atoms with Gasteiger partial charge in [0.25, 0.3) is 0 Å². The molecule has 2 fully saturated rings. The van der Waals surface area contributed by atoms with E-state index >= 15 is 0 Å². The second kappa shape index (κ2) is 5.06. The predicted octanol–water partition coefficient (Wildman–Crippen LogP) is 1.22. The highest BCUT2D eigenvalue weighted by molar-refractivity contribution is 4.77. The largest absolute Gasteiger partial charge is 0.348 e. The Balaban J connectivity index is 1.71. The van der Waals surface area contributed by atoms with E-state index < -0.39 is 11.6 Å². The molecule has 0 aromatic carbocycles. The molecule has 0 saturated carbocycles. The van der Waals surface area contributed by atoms with Gasteiger partial charge in [-0.1, -0.05) is 0 Å². The zero-order valence-electron chi connectivity index (χ0n) is 12.1. The van der Waals surface area contributed by atoms with E-state index in [-0.39, 0.29) is 12.2 Å². The van der Waals surface area contributed by atoms with Crippen molar-refractivity contribution in [2.75, 3.05) is 33.4 Å². The maximum atomic E-state index is 5.79. The van der Waals surface area contributed by atoms with Gasteiger partial charge in [-0.25, -0.2) is 0 Å². The van der Waals surface area contributed by atoms with E-state index in [2.05, 4.69) is 11.9 Å². The lowest BCUT2D eigenvalue weighted by Gasteiger charge is -2.24. The summed E-state index contributed by atoms with van der Waals surface area (Å²) in [7, 11) is 2.07. The minimum absolute atomic E-state index is 0.139. The smallest absolute Gasteiger partial charge is 0.163 e. The summed E-state index contributed by atoms with van der Waals surface area (Å²) < 4.78 is 22.7. The van der Waals surface area contributed by atoms with E-state index in [1.807, 2.05) is 27.7 Å². The third-order valence-corrected chi connectivity index (χ3v) is 3.17. The van der Waals surface area contributed by atoms with Gasteiger partial charge in [0.05, 0.1) is 25.4 Å². The first-order valence-electron chi connectivity index (χ1n) is 6.58. The Labute approximate surface area is 109 Å². The van der Waals surface area contributed by atoms with Crippen molar-refractivity contribution in [2.45, 2.75) is 51.5 Å². The fourth-order valence-electron chi connectivity index (χ4n) is 2.48. The van der Waals surface area contributed by atoms with Crippen molar-refractivity contribution >= 4 is 0 Å². The molecule has 5 nitrogen and oxygen atoms in total. The van der Waals surface area contributed by atoms with Gasteiger partial charge in [-0.3, -0.25) is 0 Å². The normalized spacial score (nSPS) is 34.3. The van der Waals surface area contributed by atoms with Crippen LogP contribution in [-0.2, 0) is 18.9 Å². The first-order valence-corrected chi connectivity index (χ1v) is 6.58. The molecular weight excluding hydrogens is 234 g/mol. The van der Waals surface area contributed by atoms with Gasteiger partial charge >= 0.3 is 0 Å². The molecule has 0 amide bonds. The average molecular weight is 259 g/mol. The second-order valence-electron chi connectivity index (χ2n) is 6.12. The first kappa shape index (κ1) is 14.2. The topological polar surface area (TPSA) is 40.2 Å². The van der Waals surface area contributed by atoms with E-state index in [4.69, 9.17) is 18.9 Å². The molecule has 0 aromatic rings. The monoisotopic (exact) mass is 259 g/mol. The van der Waals surface area contributed by atoms with Crippen LogP contribution in [0, 0.1) is 0 Å². The summed E-state index contributed by atoms with van der Waals surface area (Å²) >= 11 is 0. The van der Waals surface area contributed by atoms with Gasteiger partial charge in [0.2, 0.25) is 0 Å². The van der Waals surface area contributed by atoms with Gasteiger partial charge in [0, 0.05) is 13.1 Å². The summed E-state index contributed by atoms with van der Waals surface area (Å²) in [6.45, 7) is 10.8. The van der Waals surface area contributed by atoms with Gasteiger partial charge < -0.3 is 23.8 Å². The fraction of sp³-hybridized carbons (Fsp3) is 1.00. The summed E-state index contributed by atoms with van der Waals surface area (Å²) in [5, 5.41) is 0. The van der Waals surface area contributed by atoms with Gasteiger partial charge in [-0.05, 0) is 34.7 Å². The molecular formula is C13H25NO4. The molecule has 18 heavy (non-hydrogen) atoms. The van der Waals surface area contributed by atoms with Gasteiger partial charge in [0.15, 0.2) is 11.6 Å². The summed E-state index contributed by atoms with van der Waals surface area (Å²) in [6, 6.07) is 0. The van der Waals surface area contributed by atoms with Crippen LogP contribution in [0.4, 0.5) is 0 Å². The zero-order valence-corrected chi connectivity index (χ0v) is 12.1. The summed E-state index contributed by atoms with van der Waals surface area (Å²) in [5.41, 5.74) is 0. The molecule has 2 saturated heterocycles. The van der Waals surface area contributed by atoms with Crippen LogP contribution in [0.25, 0.3) is 0 Å². The molecule has 0 aromatic heterocycles. The highest BCUT2D eigenvalue weighted by atomic mass is 16.7. The van der Waals surface area contributed by atoms with E-state index in [9.17, 15) is 0 Å². The zero-order chi connectivity index (χ0) is 13.4. The highest BCUT2D eigenvalue weighted by Crippen LogP contribution is 2.24. The van der Waals surface area contributed by atoms with Crippen molar-refractivity contribution in [3.8, 4) is 0 Å². The molecule has 2 aliphatic rings. The molecule has 0 aliphatic carbocycles. The third kappa shape index (κ3) is 3.90. The Hall–Kier alpha value is -0.200. The number of hydrogen-bond acceptors (Lipinski definition) is 5. The summed E-state index contributed by atoms with van der Waals surface area (Å²) in [5.74, 6) is -0.888. The van der Waals surface area contributed by atoms with E-state index in [0.29, 0.717) is 13.2 Å². The lowest BCUT2D eigenvalue weighted by molar-refractivity contribution is -0.144. The number of hydrogen-bond donors (Lipinski definition) is 0. The third-order valence-electron chi connectivity index (χ3n) is 3.17. The molecule has 2 atom stereocenters. The minimum atomic E-state index is -0.444. The van der Waals surface area contributed by atoms with Crippen LogP contribution in [0.15, 0.2) is 0 Å². The summed E-state index contributed by atoms with van der Waals surface area (Å²) in [6.07, 6.45) is 0.278. The predicted molar refractivity (Wildman–Crippen MR) is 67.3 cm³/mol. The van der Waals surface area contributed by atoms with Gasteiger partial charge in [0.1, 0.15) is 0 Å². The molecule has 0 bridgehead atoms. The maximum Gasteiger partial charge on any atom is 0.163 e. The Bertz CT molecular complexity index is 265. The van der Waals surface area contributed by atoms with Crippen LogP contribution in [0.3, 0.4) is 0 Å². The van der Waals surface area contributed by atoms with E-state index in [0.717, 1.165) is 13.1 Å². The van der Waals surface area contributed by atoms with Crippen molar-refractivity contribution in [3.63, 3.8) is 0 Å². The van der Waals surface area contributed by atoms with Gasteiger partial charge in [-0.2, -0.15) is 0 Å². The van der Waals surface area contributed by atoms with Crippen LogP contribution in [0.1, 0.15) is 27.7 Å². The lowest BCUT2D eigenvalue weighted by Crippen LogP contribution is -2.38.